The molecule has 1 saturated heterocycles. The Kier molecular flexibility index (Phi) is 3.91. The van der Waals surface area contributed by atoms with E-state index in [1.165, 1.54) is 0 Å². The van der Waals surface area contributed by atoms with Crippen LogP contribution in [0.5, 0.6) is 0 Å². The SMILES string of the molecule is CCC(N)(CC)C(=O)N1CC(CC(=O)O)C1. The van der Waals surface area contributed by atoms with E-state index in [4.69, 9.17) is 10.8 Å². The molecule has 0 unspecified atom stereocenters. The van der Waals surface area contributed by atoms with Gasteiger partial charge in [-0.15, -0.1) is 0 Å². The van der Waals surface area contributed by atoms with Gasteiger partial charge in [-0.2, -0.15) is 0 Å². The van der Waals surface area contributed by atoms with E-state index in [-0.39, 0.29) is 18.2 Å². The second-order valence-electron chi connectivity index (χ2n) is 4.54. The first-order valence-electron chi connectivity index (χ1n) is 5.73. The Morgan fingerprint density at radius 1 is 1.38 bits per heavy atom. The number of hydrogen-bond donors (Lipinski definition) is 2. The minimum absolute atomic E-state index is 0.0425. The van der Waals surface area contributed by atoms with E-state index < -0.39 is 11.5 Å². The van der Waals surface area contributed by atoms with Crippen molar-refractivity contribution in [3.63, 3.8) is 0 Å². The number of amides is 1. The van der Waals surface area contributed by atoms with Crippen LogP contribution in [0.3, 0.4) is 0 Å². The van der Waals surface area contributed by atoms with E-state index in [0.717, 1.165) is 0 Å². The van der Waals surface area contributed by atoms with Crippen molar-refractivity contribution in [2.75, 3.05) is 13.1 Å². The van der Waals surface area contributed by atoms with Crippen LogP contribution in [0.2, 0.25) is 0 Å². The molecule has 0 bridgehead atoms. The van der Waals surface area contributed by atoms with Gasteiger partial charge < -0.3 is 15.7 Å². The van der Waals surface area contributed by atoms with Gasteiger partial charge in [-0.05, 0) is 12.8 Å². The number of carboxylic acid groups (broad SMARTS) is 1. The van der Waals surface area contributed by atoms with E-state index in [9.17, 15) is 9.59 Å². The number of carbonyl (C=O) groups excluding carboxylic acids is 1. The van der Waals surface area contributed by atoms with Crippen LogP contribution in [0.25, 0.3) is 0 Å². The lowest BCUT2D eigenvalue weighted by atomic mass is 9.88. The van der Waals surface area contributed by atoms with E-state index in [1.54, 1.807) is 4.90 Å². The van der Waals surface area contributed by atoms with Crippen molar-refractivity contribution < 1.29 is 14.7 Å². The van der Waals surface area contributed by atoms with Gasteiger partial charge in [0.1, 0.15) is 0 Å². The summed E-state index contributed by atoms with van der Waals surface area (Å²) in [6, 6.07) is 0. The third-order valence-electron chi connectivity index (χ3n) is 3.40. The van der Waals surface area contributed by atoms with Crippen LogP contribution in [-0.4, -0.2) is 40.5 Å². The number of hydrogen-bond acceptors (Lipinski definition) is 3. The fourth-order valence-electron chi connectivity index (χ4n) is 1.98. The normalized spacial score (nSPS) is 17.1. The van der Waals surface area contributed by atoms with Crippen molar-refractivity contribution in [1.82, 2.24) is 4.90 Å². The Hall–Kier alpha value is -1.10. The molecule has 5 nitrogen and oxygen atoms in total. The second kappa shape index (κ2) is 4.82. The number of likely N-dealkylation sites (tertiary alicyclic amines) is 1. The summed E-state index contributed by atoms with van der Waals surface area (Å²) in [6.07, 6.45) is 1.37. The topological polar surface area (TPSA) is 83.6 Å². The van der Waals surface area contributed by atoms with Crippen molar-refractivity contribution in [3.05, 3.63) is 0 Å². The van der Waals surface area contributed by atoms with Crippen molar-refractivity contribution in [2.24, 2.45) is 11.7 Å². The van der Waals surface area contributed by atoms with Crippen molar-refractivity contribution in [3.8, 4) is 0 Å². The molecule has 0 aromatic rings. The highest BCUT2D eigenvalue weighted by molar-refractivity contribution is 5.86. The first kappa shape index (κ1) is 13.0. The third kappa shape index (κ3) is 2.52. The second-order valence-corrected chi connectivity index (χ2v) is 4.54. The molecule has 92 valence electrons. The number of nitrogens with zero attached hydrogens (tertiary/aromatic N) is 1. The first-order chi connectivity index (χ1) is 7.42. The summed E-state index contributed by atoms with van der Waals surface area (Å²) in [6.45, 7) is 4.86. The Morgan fingerprint density at radius 2 is 1.88 bits per heavy atom. The standard InChI is InChI=1S/C11H20N2O3/c1-3-11(12,4-2)10(16)13-6-8(7-13)5-9(14)15/h8H,3-7,12H2,1-2H3,(H,14,15). The van der Waals surface area contributed by atoms with E-state index in [0.29, 0.717) is 25.9 Å². The molecular weight excluding hydrogens is 208 g/mol. The minimum atomic E-state index is -0.804. The molecule has 1 aliphatic rings. The minimum Gasteiger partial charge on any atom is -0.481 e. The average Bonchev–Trinajstić information content (AvgIpc) is 2.20. The molecule has 1 aliphatic heterocycles. The molecule has 0 saturated carbocycles. The zero-order chi connectivity index (χ0) is 12.3. The molecule has 0 radical (unpaired) electrons. The van der Waals surface area contributed by atoms with Gasteiger partial charge in [-0.1, -0.05) is 13.8 Å². The summed E-state index contributed by atoms with van der Waals surface area (Å²) in [5.41, 5.74) is 5.22. The number of rotatable bonds is 5. The lowest BCUT2D eigenvalue weighted by molar-refractivity contribution is -0.148. The van der Waals surface area contributed by atoms with Gasteiger partial charge in [-0.25, -0.2) is 0 Å². The largest absolute Gasteiger partial charge is 0.481 e. The Morgan fingerprint density at radius 3 is 2.25 bits per heavy atom. The highest BCUT2D eigenvalue weighted by atomic mass is 16.4. The van der Waals surface area contributed by atoms with Crippen LogP contribution in [0, 0.1) is 5.92 Å². The summed E-state index contributed by atoms with van der Waals surface area (Å²) >= 11 is 0. The van der Waals surface area contributed by atoms with Gasteiger partial charge in [0.25, 0.3) is 0 Å². The summed E-state index contributed by atoms with van der Waals surface area (Å²) in [7, 11) is 0. The third-order valence-corrected chi connectivity index (χ3v) is 3.40. The zero-order valence-electron chi connectivity index (χ0n) is 9.90. The molecule has 1 amide bonds. The molecule has 16 heavy (non-hydrogen) atoms. The van der Waals surface area contributed by atoms with E-state index >= 15 is 0 Å². The Labute approximate surface area is 95.6 Å². The van der Waals surface area contributed by atoms with Crippen LogP contribution in [-0.2, 0) is 9.59 Å². The first-order valence-corrected chi connectivity index (χ1v) is 5.73. The highest BCUT2D eigenvalue weighted by Crippen LogP contribution is 2.24. The smallest absolute Gasteiger partial charge is 0.303 e. The molecule has 0 aliphatic carbocycles. The number of carboxylic acids is 1. The maximum atomic E-state index is 12.0. The fourth-order valence-corrected chi connectivity index (χ4v) is 1.98. The summed E-state index contributed by atoms with van der Waals surface area (Å²) in [5.74, 6) is -0.749. The average molecular weight is 228 g/mol. The Bertz CT molecular complexity index is 281. The summed E-state index contributed by atoms with van der Waals surface area (Å²) in [4.78, 5) is 24.1. The van der Waals surface area contributed by atoms with Gasteiger partial charge in [0.15, 0.2) is 0 Å². The Balaban J connectivity index is 2.45. The van der Waals surface area contributed by atoms with Crippen molar-refractivity contribution >= 4 is 11.9 Å². The predicted molar refractivity (Wildman–Crippen MR) is 59.8 cm³/mol. The van der Waals surface area contributed by atoms with Crippen LogP contribution in [0.1, 0.15) is 33.1 Å². The van der Waals surface area contributed by atoms with E-state index in [1.807, 2.05) is 13.8 Å². The molecule has 0 atom stereocenters. The van der Waals surface area contributed by atoms with Crippen LogP contribution < -0.4 is 5.73 Å². The molecule has 1 rings (SSSR count). The molecule has 5 heteroatoms. The molecule has 0 aromatic heterocycles. The van der Waals surface area contributed by atoms with Gasteiger partial charge in [0.05, 0.1) is 12.0 Å². The molecule has 1 fully saturated rings. The number of nitrogens with two attached hydrogens (primary N) is 1. The quantitative estimate of drug-likeness (QED) is 0.715. The monoisotopic (exact) mass is 228 g/mol. The predicted octanol–water partition coefficient (Wildman–Crippen LogP) is 0.437. The zero-order valence-corrected chi connectivity index (χ0v) is 9.90. The number of carbonyl (C=O) groups is 2. The van der Waals surface area contributed by atoms with Gasteiger partial charge in [0, 0.05) is 19.0 Å². The fraction of sp³-hybridized carbons (Fsp3) is 0.818. The molecular formula is C11H20N2O3. The lowest BCUT2D eigenvalue weighted by Crippen LogP contribution is -2.61. The van der Waals surface area contributed by atoms with Gasteiger partial charge >= 0.3 is 5.97 Å². The molecule has 3 N–H and O–H groups in total. The van der Waals surface area contributed by atoms with Crippen molar-refractivity contribution in [1.29, 1.82) is 0 Å². The maximum Gasteiger partial charge on any atom is 0.303 e. The molecule has 0 spiro atoms. The number of aliphatic carboxylic acids is 1. The van der Waals surface area contributed by atoms with Gasteiger partial charge in [-0.3, -0.25) is 9.59 Å². The van der Waals surface area contributed by atoms with Gasteiger partial charge in [0.2, 0.25) is 5.91 Å². The highest BCUT2D eigenvalue weighted by Gasteiger charge is 2.40. The van der Waals surface area contributed by atoms with Crippen LogP contribution >= 0.6 is 0 Å². The maximum absolute atomic E-state index is 12.0. The van der Waals surface area contributed by atoms with E-state index in [2.05, 4.69) is 0 Å². The van der Waals surface area contributed by atoms with Crippen LogP contribution in [0.15, 0.2) is 0 Å². The summed E-state index contributed by atoms with van der Waals surface area (Å²) < 4.78 is 0. The lowest BCUT2D eigenvalue weighted by Gasteiger charge is -2.43. The molecule has 0 aromatic carbocycles. The molecule has 1 heterocycles. The van der Waals surface area contributed by atoms with Crippen LogP contribution in [0.4, 0.5) is 0 Å². The van der Waals surface area contributed by atoms with Crippen molar-refractivity contribution in [2.45, 2.75) is 38.6 Å². The summed E-state index contributed by atoms with van der Waals surface area (Å²) in [5, 5.41) is 8.60.